The molecule has 2 amide bonds. The van der Waals surface area contributed by atoms with Crippen LogP contribution in [0.4, 0.5) is 5.69 Å². The molecule has 0 radical (unpaired) electrons. The van der Waals surface area contributed by atoms with Crippen LogP contribution in [-0.4, -0.2) is 17.6 Å². The van der Waals surface area contributed by atoms with Crippen molar-refractivity contribution in [1.29, 1.82) is 0 Å². The predicted octanol–water partition coefficient (Wildman–Crippen LogP) is 3.60. The zero-order valence-electron chi connectivity index (χ0n) is 13.9. The molecule has 0 spiro atoms. The number of carbonyl (C=O) groups is 3. The number of hydrogen-bond donors (Lipinski definition) is 2. The summed E-state index contributed by atoms with van der Waals surface area (Å²) in [5.74, 6) is -1.46. The van der Waals surface area contributed by atoms with Crippen molar-refractivity contribution in [3.63, 3.8) is 0 Å². The van der Waals surface area contributed by atoms with E-state index in [9.17, 15) is 14.4 Å². The topological polar surface area (TPSA) is 75.3 Å². The standard InChI is InChI=1S/C19H16N2O3S2/c1-12-5-2-3-6-14(12)21-19(24)18(23)20-11-13-8-9-16(26-13)17(22)15-7-4-10-25-15/h2-10H,11H2,1H3,(H,20,23)(H,21,24). The summed E-state index contributed by atoms with van der Waals surface area (Å²) >= 11 is 2.70. The molecule has 2 heterocycles. The number of ketones is 1. The minimum atomic E-state index is -0.717. The van der Waals surface area contributed by atoms with Crippen LogP contribution in [0.15, 0.2) is 53.9 Å². The van der Waals surface area contributed by atoms with E-state index in [4.69, 9.17) is 0 Å². The number of nitrogens with one attached hydrogen (secondary N) is 2. The number of rotatable bonds is 5. The van der Waals surface area contributed by atoms with Crippen LogP contribution in [0.25, 0.3) is 0 Å². The van der Waals surface area contributed by atoms with E-state index in [1.54, 1.807) is 30.3 Å². The molecule has 5 nitrogen and oxygen atoms in total. The van der Waals surface area contributed by atoms with E-state index in [1.807, 2.05) is 30.5 Å². The lowest BCUT2D eigenvalue weighted by atomic mass is 10.2. The van der Waals surface area contributed by atoms with Crippen molar-refractivity contribution in [2.24, 2.45) is 0 Å². The third-order valence-electron chi connectivity index (χ3n) is 3.65. The predicted molar refractivity (Wildman–Crippen MR) is 104 cm³/mol. The molecule has 0 saturated heterocycles. The lowest BCUT2D eigenvalue weighted by Gasteiger charge is -2.08. The van der Waals surface area contributed by atoms with Gasteiger partial charge in [0.15, 0.2) is 0 Å². The van der Waals surface area contributed by atoms with E-state index < -0.39 is 11.8 Å². The monoisotopic (exact) mass is 384 g/mol. The molecular weight excluding hydrogens is 368 g/mol. The maximum atomic E-state index is 12.3. The fourth-order valence-electron chi connectivity index (χ4n) is 2.26. The highest BCUT2D eigenvalue weighted by molar-refractivity contribution is 7.16. The van der Waals surface area contributed by atoms with E-state index in [2.05, 4.69) is 10.6 Å². The summed E-state index contributed by atoms with van der Waals surface area (Å²) in [5, 5.41) is 7.02. The zero-order valence-corrected chi connectivity index (χ0v) is 15.6. The molecule has 0 aliphatic carbocycles. The smallest absolute Gasteiger partial charge is 0.313 e. The van der Waals surface area contributed by atoms with Gasteiger partial charge in [0, 0.05) is 10.6 Å². The van der Waals surface area contributed by atoms with Gasteiger partial charge in [0.1, 0.15) is 0 Å². The number of hydrogen-bond acceptors (Lipinski definition) is 5. The second-order valence-electron chi connectivity index (χ2n) is 5.52. The van der Waals surface area contributed by atoms with Crippen molar-refractivity contribution in [3.05, 3.63) is 74.1 Å². The van der Waals surface area contributed by atoms with Gasteiger partial charge in [-0.25, -0.2) is 0 Å². The summed E-state index contributed by atoms with van der Waals surface area (Å²) < 4.78 is 0. The summed E-state index contributed by atoms with van der Waals surface area (Å²) in [6.45, 7) is 2.05. The van der Waals surface area contributed by atoms with Crippen LogP contribution in [0, 0.1) is 6.92 Å². The normalized spacial score (nSPS) is 10.3. The number of aryl methyl sites for hydroxylation is 1. The number of benzene rings is 1. The molecule has 2 aromatic heterocycles. The van der Waals surface area contributed by atoms with E-state index >= 15 is 0 Å². The van der Waals surface area contributed by atoms with E-state index in [0.29, 0.717) is 15.4 Å². The second kappa shape index (κ2) is 8.07. The summed E-state index contributed by atoms with van der Waals surface area (Å²) in [7, 11) is 0. The average molecular weight is 384 g/mol. The molecule has 0 unspecified atom stereocenters. The first kappa shape index (κ1) is 18.0. The summed E-state index contributed by atoms with van der Waals surface area (Å²) in [5.41, 5.74) is 1.48. The van der Waals surface area contributed by atoms with Gasteiger partial charge >= 0.3 is 11.8 Å². The van der Waals surface area contributed by atoms with Crippen LogP contribution in [-0.2, 0) is 16.1 Å². The lowest BCUT2D eigenvalue weighted by molar-refractivity contribution is -0.136. The Balaban J connectivity index is 1.55. The molecule has 3 aromatic rings. The average Bonchev–Trinajstić information content (AvgIpc) is 3.33. The molecule has 26 heavy (non-hydrogen) atoms. The minimum absolute atomic E-state index is 0.0279. The first-order valence-electron chi connectivity index (χ1n) is 7.86. The quantitative estimate of drug-likeness (QED) is 0.521. The third kappa shape index (κ3) is 4.25. The van der Waals surface area contributed by atoms with Crippen LogP contribution >= 0.6 is 22.7 Å². The summed E-state index contributed by atoms with van der Waals surface area (Å²) in [6.07, 6.45) is 0. The Morgan fingerprint density at radius 1 is 0.923 bits per heavy atom. The second-order valence-corrected chi connectivity index (χ2v) is 7.64. The maximum absolute atomic E-state index is 12.3. The Bertz CT molecular complexity index is 945. The molecule has 3 rings (SSSR count). The molecule has 2 N–H and O–H groups in total. The van der Waals surface area contributed by atoms with Gasteiger partial charge in [-0.2, -0.15) is 0 Å². The molecule has 0 atom stereocenters. The van der Waals surface area contributed by atoms with E-state index in [1.165, 1.54) is 22.7 Å². The van der Waals surface area contributed by atoms with Gasteiger partial charge in [0.2, 0.25) is 5.78 Å². The maximum Gasteiger partial charge on any atom is 0.313 e. The van der Waals surface area contributed by atoms with Gasteiger partial charge in [-0.3, -0.25) is 14.4 Å². The van der Waals surface area contributed by atoms with Crippen molar-refractivity contribution in [3.8, 4) is 0 Å². The Hall–Kier alpha value is -2.77. The van der Waals surface area contributed by atoms with Crippen molar-refractivity contribution < 1.29 is 14.4 Å². The van der Waals surface area contributed by atoms with Crippen LogP contribution < -0.4 is 10.6 Å². The highest BCUT2D eigenvalue weighted by Gasteiger charge is 2.16. The van der Waals surface area contributed by atoms with Crippen LogP contribution in [0.5, 0.6) is 0 Å². The van der Waals surface area contributed by atoms with Gasteiger partial charge in [0.05, 0.1) is 16.3 Å². The van der Waals surface area contributed by atoms with E-state index in [0.717, 1.165) is 10.4 Å². The SMILES string of the molecule is Cc1ccccc1NC(=O)C(=O)NCc1ccc(C(=O)c2cccs2)s1. The Labute approximate surface area is 158 Å². The highest BCUT2D eigenvalue weighted by Crippen LogP contribution is 2.22. The number of amides is 2. The van der Waals surface area contributed by atoms with Gasteiger partial charge in [-0.1, -0.05) is 24.3 Å². The molecular formula is C19H16N2O3S2. The van der Waals surface area contributed by atoms with Crippen molar-refractivity contribution >= 4 is 46.0 Å². The van der Waals surface area contributed by atoms with Gasteiger partial charge in [0.25, 0.3) is 0 Å². The molecule has 132 valence electrons. The zero-order chi connectivity index (χ0) is 18.5. The highest BCUT2D eigenvalue weighted by atomic mass is 32.1. The molecule has 1 aromatic carbocycles. The molecule has 7 heteroatoms. The summed E-state index contributed by atoms with van der Waals surface area (Å²) in [4.78, 5) is 38.3. The first-order chi connectivity index (χ1) is 12.5. The number of para-hydroxylation sites is 1. The number of thiophene rings is 2. The van der Waals surface area contributed by atoms with Crippen molar-refractivity contribution in [1.82, 2.24) is 5.32 Å². The Kier molecular flexibility index (Phi) is 5.60. The van der Waals surface area contributed by atoms with Crippen LogP contribution in [0.3, 0.4) is 0 Å². The van der Waals surface area contributed by atoms with Crippen LogP contribution in [0.1, 0.15) is 25.0 Å². The van der Waals surface area contributed by atoms with Crippen molar-refractivity contribution in [2.75, 3.05) is 5.32 Å². The van der Waals surface area contributed by atoms with Gasteiger partial charge < -0.3 is 10.6 Å². The molecule has 0 fully saturated rings. The first-order valence-corrected chi connectivity index (χ1v) is 9.56. The van der Waals surface area contributed by atoms with Gasteiger partial charge in [-0.15, -0.1) is 22.7 Å². The molecule has 0 saturated carbocycles. The Morgan fingerprint density at radius 3 is 2.46 bits per heavy atom. The Morgan fingerprint density at radius 2 is 1.73 bits per heavy atom. The third-order valence-corrected chi connectivity index (χ3v) is 5.61. The van der Waals surface area contributed by atoms with E-state index in [-0.39, 0.29) is 12.3 Å². The number of anilines is 1. The number of carbonyl (C=O) groups excluding carboxylic acids is 3. The lowest BCUT2D eigenvalue weighted by Crippen LogP contribution is -2.34. The summed E-state index contributed by atoms with van der Waals surface area (Å²) in [6, 6.07) is 14.4. The fraction of sp³-hybridized carbons (Fsp3) is 0.105. The largest absolute Gasteiger partial charge is 0.343 e. The molecule has 0 bridgehead atoms. The minimum Gasteiger partial charge on any atom is -0.343 e. The molecule has 0 aliphatic rings. The van der Waals surface area contributed by atoms with Gasteiger partial charge in [-0.05, 0) is 42.1 Å². The van der Waals surface area contributed by atoms with Crippen molar-refractivity contribution in [2.45, 2.75) is 13.5 Å². The fourth-order valence-corrected chi connectivity index (χ4v) is 3.91. The molecule has 0 aliphatic heterocycles. The van der Waals surface area contributed by atoms with Crippen LogP contribution in [0.2, 0.25) is 0 Å².